The minimum atomic E-state index is -0.436. The minimum absolute atomic E-state index is 0.0751. The van der Waals surface area contributed by atoms with Gasteiger partial charge in [0.2, 0.25) is 0 Å². The van der Waals surface area contributed by atoms with Crippen molar-refractivity contribution in [3.8, 4) is 6.07 Å². The molecule has 0 unspecified atom stereocenters. The second-order valence-corrected chi connectivity index (χ2v) is 8.35. The number of nitriles is 1. The summed E-state index contributed by atoms with van der Waals surface area (Å²) in [6.07, 6.45) is 1.66. The molecule has 1 N–H and O–H groups in total. The number of nitrogens with one attached hydrogen (secondary N) is 1. The molecule has 0 radical (unpaired) electrons. The number of hydrogen-bond donors (Lipinski definition) is 1. The number of carbonyl (C=O) groups excluding carboxylic acids is 1. The molecule has 1 aliphatic heterocycles. The van der Waals surface area contributed by atoms with Crippen molar-refractivity contribution in [3.63, 3.8) is 0 Å². The fourth-order valence-corrected chi connectivity index (χ4v) is 4.29. The van der Waals surface area contributed by atoms with Gasteiger partial charge in [0.1, 0.15) is 11.6 Å². The number of piperazine rings is 1. The number of nitrogens with zero attached hydrogens (tertiary/aromatic N) is 3. The third-order valence-electron chi connectivity index (χ3n) is 5.70. The Labute approximate surface area is 199 Å². The number of hydrogen-bond acceptors (Lipinski definition) is 4. The Morgan fingerprint density at radius 1 is 0.909 bits per heavy atom. The van der Waals surface area contributed by atoms with Crippen LogP contribution in [-0.4, -0.2) is 41.9 Å². The van der Waals surface area contributed by atoms with Gasteiger partial charge in [-0.25, -0.2) is 0 Å². The van der Waals surface area contributed by atoms with Crippen molar-refractivity contribution >= 4 is 23.2 Å². The monoisotopic (exact) mass is 456 g/mol. The number of carbonyl (C=O) groups is 1. The minimum Gasteiger partial charge on any atom is -0.374 e. The zero-order chi connectivity index (χ0) is 23.0. The van der Waals surface area contributed by atoms with Crippen molar-refractivity contribution in [2.75, 3.05) is 31.5 Å². The summed E-state index contributed by atoms with van der Waals surface area (Å²) in [5.74, 6) is -0.436. The van der Waals surface area contributed by atoms with Crippen molar-refractivity contribution in [3.05, 3.63) is 113 Å². The predicted octanol–water partition coefficient (Wildman–Crippen LogP) is 5.09. The second kappa shape index (κ2) is 10.8. The van der Waals surface area contributed by atoms with Gasteiger partial charge in [-0.05, 0) is 29.3 Å². The molecule has 6 heteroatoms. The van der Waals surface area contributed by atoms with Crippen molar-refractivity contribution in [1.29, 1.82) is 5.26 Å². The van der Waals surface area contributed by atoms with Crippen LogP contribution in [0.4, 0.5) is 5.69 Å². The topological polar surface area (TPSA) is 59.4 Å². The molecule has 0 spiro atoms. The lowest BCUT2D eigenvalue weighted by molar-refractivity contribution is -0.112. The number of amides is 1. The maximum absolute atomic E-state index is 12.6. The molecular weight excluding hydrogens is 432 g/mol. The van der Waals surface area contributed by atoms with Gasteiger partial charge >= 0.3 is 0 Å². The normalized spacial score (nSPS) is 14.7. The molecule has 1 aliphatic rings. The highest BCUT2D eigenvalue weighted by atomic mass is 35.5. The molecule has 33 heavy (non-hydrogen) atoms. The largest absolute Gasteiger partial charge is 0.374 e. The first-order valence-corrected chi connectivity index (χ1v) is 11.3. The smallest absolute Gasteiger partial charge is 0.267 e. The van der Waals surface area contributed by atoms with Crippen molar-refractivity contribution in [2.45, 2.75) is 6.04 Å². The van der Waals surface area contributed by atoms with E-state index in [1.807, 2.05) is 23.1 Å². The van der Waals surface area contributed by atoms with E-state index in [9.17, 15) is 10.1 Å². The number of benzene rings is 3. The second-order valence-electron chi connectivity index (χ2n) is 7.91. The number of halogens is 1. The fourth-order valence-electron chi connectivity index (χ4n) is 4.09. The first kappa shape index (κ1) is 22.6. The molecular formula is C27H25ClN4O. The van der Waals surface area contributed by atoms with Gasteiger partial charge in [-0.15, -0.1) is 0 Å². The third-order valence-corrected chi connectivity index (χ3v) is 5.94. The SMILES string of the molecule is N#C/C(=C/N1CCN(C(c2ccccc2)c2ccccc2)CC1)C(=O)Nc1cccc(Cl)c1. The summed E-state index contributed by atoms with van der Waals surface area (Å²) in [5, 5.41) is 12.8. The third kappa shape index (κ3) is 5.81. The number of anilines is 1. The summed E-state index contributed by atoms with van der Waals surface area (Å²) in [4.78, 5) is 17.1. The van der Waals surface area contributed by atoms with Crippen LogP contribution in [0.5, 0.6) is 0 Å². The van der Waals surface area contributed by atoms with Gasteiger partial charge in [-0.3, -0.25) is 9.69 Å². The van der Waals surface area contributed by atoms with Crippen LogP contribution in [0.3, 0.4) is 0 Å². The van der Waals surface area contributed by atoms with E-state index in [1.165, 1.54) is 11.1 Å². The van der Waals surface area contributed by atoms with Crippen LogP contribution in [0.1, 0.15) is 17.2 Å². The predicted molar refractivity (Wildman–Crippen MR) is 132 cm³/mol. The average Bonchev–Trinajstić information content (AvgIpc) is 2.85. The summed E-state index contributed by atoms with van der Waals surface area (Å²) in [5.41, 5.74) is 3.15. The van der Waals surface area contributed by atoms with Crippen LogP contribution in [-0.2, 0) is 4.79 Å². The lowest BCUT2D eigenvalue weighted by Crippen LogP contribution is -2.46. The quantitative estimate of drug-likeness (QED) is 0.414. The summed E-state index contributed by atoms with van der Waals surface area (Å²) in [7, 11) is 0. The fraction of sp³-hybridized carbons (Fsp3) is 0.185. The van der Waals surface area contributed by atoms with Crippen LogP contribution < -0.4 is 5.32 Å². The Kier molecular flexibility index (Phi) is 7.41. The van der Waals surface area contributed by atoms with Crippen LogP contribution >= 0.6 is 11.6 Å². The molecule has 3 aromatic carbocycles. The van der Waals surface area contributed by atoms with Crippen molar-refractivity contribution in [1.82, 2.24) is 9.80 Å². The van der Waals surface area contributed by atoms with E-state index in [-0.39, 0.29) is 11.6 Å². The van der Waals surface area contributed by atoms with Gasteiger partial charge in [0.05, 0.1) is 6.04 Å². The zero-order valence-electron chi connectivity index (χ0n) is 18.2. The molecule has 1 fully saturated rings. The molecule has 1 heterocycles. The summed E-state index contributed by atoms with van der Waals surface area (Å²) >= 11 is 5.98. The molecule has 1 saturated heterocycles. The van der Waals surface area contributed by atoms with E-state index in [4.69, 9.17) is 11.6 Å². The van der Waals surface area contributed by atoms with E-state index in [2.05, 4.69) is 58.7 Å². The van der Waals surface area contributed by atoms with Gasteiger partial charge in [-0.2, -0.15) is 5.26 Å². The molecule has 0 saturated carbocycles. The highest BCUT2D eigenvalue weighted by molar-refractivity contribution is 6.31. The van der Waals surface area contributed by atoms with E-state index >= 15 is 0 Å². The van der Waals surface area contributed by atoms with Crippen LogP contribution in [0.2, 0.25) is 5.02 Å². The highest BCUT2D eigenvalue weighted by Crippen LogP contribution is 2.29. The summed E-state index contributed by atoms with van der Waals surface area (Å²) in [6, 6.07) is 30.1. The highest BCUT2D eigenvalue weighted by Gasteiger charge is 2.26. The van der Waals surface area contributed by atoms with E-state index in [0.29, 0.717) is 10.7 Å². The molecule has 3 aromatic rings. The van der Waals surface area contributed by atoms with Crippen LogP contribution in [0, 0.1) is 11.3 Å². The summed E-state index contributed by atoms with van der Waals surface area (Å²) < 4.78 is 0. The van der Waals surface area contributed by atoms with Gasteiger partial charge in [-0.1, -0.05) is 78.3 Å². The Balaban J connectivity index is 1.45. The standard InChI is InChI=1S/C27H25ClN4O/c28-24-12-7-13-25(18-24)30-27(33)23(19-29)20-31-14-16-32(17-15-31)26(21-8-3-1-4-9-21)22-10-5-2-6-11-22/h1-13,18,20,26H,14-17H2,(H,30,33)/b23-20-. The molecule has 0 bridgehead atoms. The lowest BCUT2D eigenvalue weighted by atomic mass is 9.96. The maximum atomic E-state index is 12.6. The van der Waals surface area contributed by atoms with Gasteiger partial charge < -0.3 is 10.2 Å². The molecule has 0 aliphatic carbocycles. The van der Waals surface area contributed by atoms with Gasteiger partial charge in [0.25, 0.3) is 5.91 Å². The van der Waals surface area contributed by atoms with Gasteiger partial charge in [0, 0.05) is 43.1 Å². The van der Waals surface area contributed by atoms with E-state index < -0.39 is 5.91 Å². The molecule has 5 nitrogen and oxygen atoms in total. The molecule has 0 aromatic heterocycles. The Morgan fingerprint density at radius 3 is 2.06 bits per heavy atom. The van der Waals surface area contributed by atoms with Crippen molar-refractivity contribution in [2.24, 2.45) is 0 Å². The Bertz CT molecular complexity index is 1110. The summed E-state index contributed by atoms with van der Waals surface area (Å²) in [6.45, 7) is 3.09. The van der Waals surface area contributed by atoms with Gasteiger partial charge in [0.15, 0.2) is 0 Å². The van der Waals surface area contributed by atoms with Crippen LogP contribution in [0.15, 0.2) is 96.7 Å². The first-order valence-electron chi connectivity index (χ1n) is 10.9. The van der Waals surface area contributed by atoms with E-state index in [0.717, 1.165) is 26.2 Å². The first-order chi connectivity index (χ1) is 16.1. The maximum Gasteiger partial charge on any atom is 0.267 e. The zero-order valence-corrected chi connectivity index (χ0v) is 18.9. The number of rotatable bonds is 6. The van der Waals surface area contributed by atoms with Crippen LogP contribution in [0.25, 0.3) is 0 Å². The Morgan fingerprint density at radius 2 is 1.52 bits per heavy atom. The Hall–Kier alpha value is -3.59. The molecule has 166 valence electrons. The molecule has 1 amide bonds. The lowest BCUT2D eigenvalue weighted by Gasteiger charge is -2.39. The van der Waals surface area contributed by atoms with E-state index in [1.54, 1.807) is 30.5 Å². The average molecular weight is 457 g/mol. The molecule has 4 rings (SSSR count). The molecule has 0 atom stereocenters. The van der Waals surface area contributed by atoms with Crippen molar-refractivity contribution < 1.29 is 4.79 Å².